The van der Waals surface area contributed by atoms with Crippen LogP contribution in [0.1, 0.15) is 45.2 Å². The van der Waals surface area contributed by atoms with Gasteiger partial charge in [-0.05, 0) is 54.8 Å². The molecule has 3 aromatic carbocycles. The summed E-state index contributed by atoms with van der Waals surface area (Å²) in [4.78, 5) is 46.4. The summed E-state index contributed by atoms with van der Waals surface area (Å²) >= 11 is 1.45. The molecule has 0 bridgehead atoms. The zero-order chi connectivity index (χ0) is 30.6. The van der Waals surface area contributed by atoms with Gasteiger partial charge in [-0.25, -0.2) is 9.78 Å². The molecule has 224 valence electrons. The number of nitrogens with one attached hydrogen (secondary N) is 2. The lowest BCUT2D eigenvalue weighted by molar-refractivity contribution is -0.130. The van der Waals surface area contributed by atoms with Crippen LogP contribution in [0.15, 0.2) is 83.7 Å². The Kier molecular flexibility index (Phi) is 11.4. The lowest BCUT2D eigenvalue weighted by Crippen LogP contribution is -2.54. The van der Waals surface area contributed by atoms with E-state index in [1.807, 2.05) is 79.9 Å². The van der Waals surface area contributed by atoms with E-state index in [-0.39, 0.29) is 19.5 Å². The standard InChI is InChI=1S/C33H37N5O4S/c1-3-42-29-14-10-24(11-15-29)18-30(37-31(39)27-12-4-23(2)5-13-27)32(40)38(17-16-28-21-43-22-36-28)33(41)35-20-26-8-6-25(19-34)7-9-26/h4-15,21-22,30H,3,16-20,34H2,1-2H3,(H,35,41)(H,37,39)/t30-/m1/s1. The minimum absolute atomic E-state index is 0.0979. The van der Waals surface area contributed by atoms with Gasteiger partial charge in [-0.2, -0.15) is 0 Å². The second-order valence-corrected chi connectivity index (χ2v) is 10.8. The van der Waals surface area contributed by atoms with Gasteiger partial charge in [0.15, 0.2) is 0 Å². The molecule has 1 aromatic heterocycles. The van der Waals surface area contributed by atoms with Crippen LogP contribution in [0, 0.1) is 6.92 Å². The maximum absolute atomic E-state index is 14.1. The van der Waals surface area contributed by atoms with Crippen LogP contribution in [0.4, 0.5) is 4.79 Å². The van der Waals surface area contributed by atoms with E-state index in [4.69, 9.17) is 10.5 Å². The van der Waals surface area contributed by atoms with E-state index >= 15 is 0 Å². The van der Waals surface area contributed by atoms with Crippen molar-refractivity contribution in [2.45, 2.75) is 45.8 Å². The third-order valence-electron chi connectivity index (χ3n) is 6.88. The molecule has 0 aliphatic rings. The Hall–Kier alpha value is -4.54. The molecule has 43 heavy (non-hydrogen) atoms. The average molecular weight is 600 g/mol. The molecule has 4 aromatic rings. The second kappa shape index (κ2) is 15.6. The first-order valence-electron chi connectivity index (χ1n) is 14.2. The van der Waals surface area contributed by atoms with Gasteiger partial charge in [-0.3, -0.25) is 14.5 Å². The van der Waals surface area contributed by atoms with Crippen LogP contribution >= 0.6 is 11.3 Å². The van der Waals surface area contributed by atoms with E-state index in [2.05, 4.69) is 15.6 Å². The van der Waals surface area contributed by atoms with Gasteiger partial charge in [0.1, 0.15) is 11.8 Å². The number of nitrogens with zero attached hydrogens (tertiary/aromatic N) is 2. The van der Waals surface area contributed by atoms with Gasteiger partial charge >= 0.3 is 6.03 Å². The summed E-state index contributed by atoms with van der Waals surface area (Å²) < 4.78 is 5.55. The van der Waals surface area contributed by atoms with Crippen molar-refractivity contribution in [2.75, 3.05) is 13.2 Å². The smallest absolute Gasteiger partial charge is 0.324 e. The van der Waals surface area contributed by atoms with Crippen LogP contribution in [-0.2, 0) is 30.7 Å². The van der Waals surface area contributed by atoms with Gasteiger partial charge in [0.05, 0.1) is 17.8 Å². The van der Waals surface area contributed by atoms with Gasteiger partial charge in [0.25, 0.3) is 11.8 Å². The Balaban J connectivity index is 1.57. The number of carbonyl (C=O) groups excluding carboxylic acids is 3. The molecule has 0 saturated carbocycles. The molecule has 4 N–H and O–H groups in total. The topological polar surface area (TPSA) is 127 Å². The fourth-order valence-corrected chi connectivity index (χ4v) is 5.02. The molecule has 4 amide bonds. The molecular weight excluding hydrogens is 562 g/mol. The number of hydrogen-bond donors (Lipinski definition) is 3. The van der Waals surface area contributed by atoms with Crippen LogP contribution in [0.3, 0.4) is 0 Å². The Labute approximate surface area is 256 Å². The molecule has 0 aliphatic heterocycles. The van der Waals surface area contributed by atoms with Crippen LogP contribution in [-0.4, -0.2) is 46.9 Å². The van der Waals surface area contributed by atoms with Crippen molar-refractivity contribution in [3.8, 4) is 5.75 Å². The highest BCUT2D eigenvalue weighted by Crippen LogP contribution is 2.16. The van der Waals surface area contributed by atoms with Gasteiger partial charge in [0.2, 0.25) is 0 Å². The van der Waals surface area contributed by atoms with Crippen molar-refractivity contribution in [2.24, 2.45) is 5.73 Å². The Morgan fingerprint density at radius 1 is 0.953 bits per heavy atom. The van der Waals surface area contributed by atoms with Crippen LogP contribution in [0.2, 0.25) is 0 Å². The molecule has 0 unspecified atom stereocenters. The minimum atomic E-state index is -1.00. The normalized spacial score (nSPS) is 11.4. The molecule has 0 aliphatic carbocycles. The number of amides is 4. The number of nitrogens with two attached hydrogens (primary N) is 1. The SMILES string of the molecule is CCOc1ccc(C[C@@H](NC(=O)c2ccc(C)cc2)C(=O)N(CCc2cscn2)C(=O)NCc2ccc(CN)cc2)cc1. The van der Waals surface area contributed by atoms with Crippen LogP contribution < -0.4 is 21.1 Å². The third kappa shape index (κ3) is 9.22. The lowest BCUT2D eigenvalue weighted by Gasteiger charge is -2.27. The monoisotopic (exact) mass is 599 g/mol. The Bertz CT molecular complexity index is 1470. The van der Waals surface area contributed by atoms with E-state index in [1.165, 1.54) is 16.2 Å². The fourth-order valence-electron chi connectivity index (χ4n) is 4.42. The van der Waals surface area contributed by atoms with E-state index in [9.17, 15) is 14.4 Å². The highest BCUT2D eigenvalue weighted by atomic mass is 32.1. The molecule has 0 saturated heterocycles. The quantitative estimate of drug-likeness (QED) is 0.206. The number of carbonyl (C=O) groups is 3. The number of aryl methyl sites for hydroxylation is 1. The van der Waals surface area contributed by atoms with Crippen molar-refractivity contribution < 1.29 is 19.1 Å². The first-order chi connectivity index (χ1) is 20.9. The molecule has 9 nitrogen and oxygen atoms in total. The molecule has 0 fully saturated rings. The largest absolute Gasteiger partial charge is 0.494 e. The average Bonchev–Trinajstić information content (AvgIpc) is 3.55. The summed E-state index contributed by atoms with van der Waals surface area (Å²) in [6, 6.07) is 20.5. The van der Waals surface area contributed by atoms with E-state index < -0.39 is 23.9 Å². The van der Waals surface area contributed by atoms with Crippen molar-refractivity contribution in [1.29, 1.82) is 0 Å². The first kappa shape index (κ1) is 31.4. The number of imide groups is 1. The summed E-state index contributed by atoms with van der Waals surface area (Å²) in [7, 11) is 0. The van der Waals surface area contributed by atoms with E-state index in [0.717, 1.165) is 27.9 Å². The molecule has 4 rings (SSSR count). The number of aromatic nitrogens is 1. The second-order valence-electron chi connectivity index (χ2n) is 10.1. The highest BCUT2D eigenvalue weighted by molar-refractivity contribution is 7.07. The number of benzene rings is 3. The van der Waals surface area contributed by atoms with Gasteiger partial charge in [-0.15, -0.1) is 11.3 Å². The summed E-state index contributed by atoms with van der Waals surface area (Å²) in [6.07, 6.45) is 0.569. The summed E-state index contributed by atoms with van der Waals surface area (Å²) in [6.45, 7) is 5.13. The van der Waals surface area contributed by atoms with Gasteiger partial charge in [0, 0.05) is 43.4 Å². The maximum Gasteiger partial charge on any atom is 0.324 e. The van der Waals surface area contributed by atoms with E-state index in [1.54, 1.807) is 17.6 Å². The lowest BCUT2D eigenvalue weighted by atomic mass is 10.0. The van der Waals surface area contributed by atoms with Crippen molar-refractivity contribution >= 4 is 29.2 Å². The van der Waals surface area contributed by atoms with Crippen LogP contribution in [0.25, 0.3) is 0 Å². The number of thiazole rings is 1. The summed E-state index contributed by atoms with van der Waals surface area (Å²) in [5.41, 5.74) is 12.3. The number of rotatable bonds is 13. The van der Waals surface area contributed by atoms with E-state index in [0.29, 0.717) is 30.9 Å². The minimum Gasteiger partial charge on any atom is -0.494 e. The Morgan fingerprint density at radius 2 is 1.63 bits per heavy atom. The van der Waals surface area contributed by atoms with Gasteiger partial charge < -0.3 is 21.1 Å². The molecule has 0 spiro atoms. The van der Waals surface area contributed by atoms with Crippen molar-refractivity contribution in [1.82, 2.24) is 20.5 Å². The predicted octanol–water partition coefficient (Wildman–Crippen LogP) is 4.63. The first-order valence-corrected chi connectivity index (χ1v) is 15.1. The van der Waals surface area contributed by atoms with Gasteiger partial charge in [-0.1, -0.05) is 54.1 Å². The zero-order valence-electron chi connectivity index (χ0n) is 24.4. The van der Waals surface area contributed by atoms with Crippen molar-refractivity contribution in [3.05, 3.63) is 117 Å². The number of hydrogen-bond acceptors (Lipinski definition) is 7. The molecular formula is C33H37N5O4S. The third-order valence-corrected chi connectivity index (χ3v) is 7.52. The molecule has 10 heteroatoms. The van der Waals surface area contributed by atoms with Crippen molar-refractivity contribution in [3.63, 3.8) is 0 Å². The fraction of sp³-hybridized carbons (Fsp3) is 0.273. The summed E-state index contributed by atoms with van der Waals surface area (Å²) in [5.74, 6) is -0.203. The zero-order valence-corrected chi connectivity index (χ0v) is 25.2. The predicted molar refractivity (Wildman–Crippen MR) is 168 cm³/mol. The number of ether oxygens (including phenoxy) is 1. The summed E-state index contributed by atoms with van der Waals surface area (Å²) in [5, 5.41) is 7.64. The molecule has 1 heterocycles. The van der Waals surface area contributed by atoms with Crippen LogP contribution in [0.5, 0.6) is 5.75 Å². The highest BCUT2D eigenvalue weighted by Gasteiger charge is 2.31. The Morgan fingerprint density at radius 3 is 2.26 bits per heavy atom. The maximum atomic E-state index is 14.1. The number of urea groups is 1. The molecule has 0 radical (unpaired) electrons. The molecule has 1 atom stereocenters.